The number of hydrogen-bond acceptors (Lipinski definition) is 4. The van der Waals surface area contributed by atoms with Gasteiger partial charge in [-0.2, -0.15) is 9.78 Å². The van der Waals surface area contributed by atoms with Crippen LogP contribution in [0.25, 0.3) is 5.69 Å². The van der Waals surface area contributed by atoms with Crippen LogP contribution in [0.2, 0.25) is 5.02 Å². The summed E-state index contributed by atoms with van der Waals surface area (Å²) in [5, 5.41) is 7.28. The fourth-order valence-corrected chi connectivity index (χ4v) is 2.42. The van der Waals surface area contributed by atoms with Crippen LogP contribution in [0.1, 0.15) is 10.5 Å². The average Bonchev–Trinajstić information content (AvgIpc) is 2.63. The van der Waals surface area contributed by atoms with Crippen molar-refractivity contribution in [1.82, 2.24) is 9.78 Å². The van der Waals surface area contributed by atoms with Gasteiger partial charge in [-0.25, -0.2) is 0 Å². The number of benzene rings is 2. The van der Waals surface area contributed by atoms with Gasteiger partial charge in [0.15, 0.2) is 0 Å². The highest BCUT2D eigenvalue weighted by Gasteiger charge is 2.13. The zero-order valence-corrected chi connectivity index (χ0v) is 14.0. The fourth-order valence-electron chi connectivity index (χ4n) is 2.25. The van der Waals surface area contributed by atoms with Crippen molar-refractivity contribution in [2.75, 3.05) is 12.4 Å². The topological polar surface area (TPSA) is 73.2 Å². The van der Waals surface area contributed by atoms with Crippen molar-refractivity contribution >= 4 is 23.2 Å². The maximum atomic E-state index is 12.5. The molecule has 2 aromatic carbocycles. The second-order valence-electron chi connectivity index (χ2n) is 5.10. The quantitative estimate of drug-likeness (QED) is 0.780. The molecule has 1 aromatic heterocycles. The van der Waals surface area contributed by atoms with Gasteiger partial charge in [0.25, 0.3) is 11.5 Å². The fraction of sp³-hybridized carbons (Fsp3) is 0.0556. The van der Waals surface area contributed by atoms with E-state index in [0.717, 1.165) is 0 Å². The Bertz CT molecular complexity index is 971. The summed E-state index contributed by atoms with van der Waals surface area (Å²) in [6, 6.07) is 16.4. The lowest BCUT2D eigenvalue weighted by Gasteiger charge is -2.11. The number of amides is 1. The van der Waals surface area contributed by atoms with Crippen LogP contribution >= 0.6 is 11.6 Å². The first-order valence-corrected chi connectivity index (χ1v) is 7.77. The number of para-hydroxylation sites is 1. The van der Waals surface area contributed by atoms with Crippen LogP contribution in [0.15, 0.2) is 65.5 Å². The highest BCUT2D eigenvalue weighted by atomic mass is 35.5. The van der Waals surface area contributed by atoms with E-state index in [2.05, 4.69) is 10.4 Å². The van der Waals surface area contributed by atoms with E-state index in [1.807, 2.05) is 6.07 Å². The lowest BCUT2D eigenvalue weighted by molar-refractivity contribution is 0.102. The molecule has 1 N–H and O–H groups in total. The maximum Gasteiger partial charge on any atom is 0.276 e. The number of ether oxygens (including phenoxy) is 1. The van der Waals surface area contributed by atoms with Crippen molar-refractivity contribution < 1.29 is 9.53 Å². The number of carbonyl (C=O) groups excluding carboxylic acids is 1. The molecule has 3 rings (SSSR count). The molecule has 1 heterocycles. The molecule has 0 aliphatic rings. The minimum atomic E-state index is -0.481. The second-order valence-corrected chi connectivity index (χ2v) is 5.54. The Morgan fingerprint density at radius 2 is 1.88 bits per heavy atom. The van der Waals surface area contributed by atoms with Gasteiger partial charge in [-0.1, -0.05) is 29.8 Å². The Kier molecular flexibility index (Phi) is 4.81. The van der Waals surface area contributed by atoms with Gasteiger partial charge in [0.1, 0.15) is 11.4 Å². The molecular weight excluding hydrogens is 342 g/mol. The summed E-state index contributed by atoms with van der Waals surface area (Å²) in [4.78, 5) is 24.5. The van der Waals surface area contributed by atoms with Crippen molar-refractivity contribution in [3.05, 3.63) is 81.7 Å². The average molecular weight is 356 g/mol. The molecule has 0 unspecified atom stereocenters. The summed E-state index contributed by atoms with van der Waals surface area (Å²) in [6.07, 6.45) is 0. The van der Waals surface area contributed by atoms with Crippen molar-refractivity contribution in [3.63, 3.8) is 0 Å². The van der Waals surface area contributed by atoms with Crippen LogP contribution in [-0.2, 0) is 0 Å². The van der Waals surface area contributed by atoms with Crippen molar-refractivity contribution in [2.45, 2.75) is 0 Å². The van der Waals surface area contributed by atoms with Gasteiger partial charge in [-0.3, -0.25) is 9.59 Å². The molecule has 0 aliphatic heterocycles. The predicted octanol–water partition coefficient (Wildman–Crippen LogP) is 3.15. The summed E-state index contributed by atoms with van der Waals surface area (Å²) in [5.74, 6) is -0.0145. The molecule has 0 radical (unpaired) electrons. The number of hydrogen-bond donors (Lipinski definition) is 1. The van der Waals surface area contributed by atoms with E-state index in [1.54, 1.807) is 42.5 Å². The third-order valence-corrected chi connectivity index (χ3v) is 3.68. The van der Waals surface area contributed by atoms with E-state index in [-0.39, 0.29) is 11.3 Å². The van der Waals surface area contributed by atoms with Gasteiger partial charge in [0, 0.05) is 11.1 Å². The number of rotatable bonds is 4. The molecule has 0 fully saturated rings. The van der Waals surface area contributed by atoms with E-state index in [9.17, 15) is 9.59 Å². The molecule has 0 aliphatic carbocycles. The van der Waals surface area contributed by atoms with Crippen molar-refractivity contribution in [3.8, 4) is 11.4 Å². The number of halogens is 1. The minimum absolute atomic E-state index is 0.0884. The standard InChI is InChI=1S/C18H14ClN3O3/c1-25-16-9-7-12(19)11-15(16)20-18(24)14-8-10-17(23)22(21-14)13-5-3-2-4-6-13/h2-11H,1H3,(H,20,24). The normalized spacial score (nSPS) is 10.3. The number of nitrogens with one attached hydrogen (secondary N) is 1. The molecule has 1 amide bonds. The first-order valence-electron chi connectivity index (χ1n) is 7.39. The summed E-state index contributed by atoms with van der Waals surface area (Å²) >= 11 is 5.96. The number of methoxy groups -OCH3 is 1. The molecule has 0 saturated heterocycles. The lowest BCUT2D eigenvalue weighted by Crippen LogP contribution is -2.24. The Hall–Kier alpha value is -3.12. The van der Waals surface area contributed by atoms with Crippen LogP contribution in [0.5, 0.6) is 5.75 Å². The molecule has 3 aromatic rings. The highest BCUT2D eigenvalue weighted by molar-refractivity contribution is 6.31. The monoisotopic (exact) mass is 355 g/mol. The zero-order chi connectivity index (χ0) is 17.8. The summed E-state index contributed by atoms with van der Waals surface area (Å²) in [7, 11) is 1.49. The molecule has 7 heteroatoms. The van der Waals surface area contributed by atoms with E-state index in [0.29, 0.717) is 22.1 Å². The molecule has 0 saturated carbocycles. The van der Waals surface area contributed by atoms with Gasteiger partial charge in [0.05, 0.1) is 18.5 Å². The Morgan fingerprint density at radius 3 is 2.60 bits per heavy atom. The Balaban J connectivity index is 1.94. The van der Waals surface area contributed by atoms with Gasteiger partial charge in [0.2, 0.25) is 0 Å². The van der Waals surface area contributed by atoms with Crippen molar-refractivity contribution in [1.29, 1.82) is 0 Å². The summed E-state index contributed by atoms with van der Waals surface area (Å²) < 4.78 is 6.37. The first kappa shape index (κ1) is 16.7. The largest absolute Gasteiger partial charge is 0.495 e. The van der Waals surface area contributed by atoms with Gasteiger partial charge in [-0.15, -0.1) is 0 Å². The van der Waals surface area contributed by atoms with Crippen LogP contribution in [0, 0.1) is 0 Å². The molecule has 25 heavy (non-hydrogen) atoms. The first-order chi connectivity index (χ1) is 12.1. The number of carbonyl (C=O) groups is 1. The smallest absolute Gasteiger partial charge is 0.276 e. The van der Waals surface area contributed by atoms with Gasteiger partial charge >= 0.3 is 0 Å². The van der Waals surface area contributed by atoms with Crippen molar-refractivity contribution in [2.24, 2.45) is 0 Å². The van der Waals surface area contributed by atoms with Crippen LogP contribution in [0.3, 0.4) is 0 Å². The highest BCUT2D eigenvalue weighted by Crippen LogP contribution is 2.27. The van der Waals surface area contributed by atoms with E-state index in [4.69, 9.17) is 16.3 Å². The third kappa shape index (κ3) is 3.70. The molecule has 0 bridgehead atoms. The van der Waals surface area contributed by atoms with Gasteiger partial charge in [-0.05, 0) is 36.4 Å². The SMILES string of the molecule is COc1ccc(Cl)cc1NC(=O)c1ccc(=O)n(-c2ccccc2)n1. The second kappa shape index (κ2) is 7.19. The Morgan fingerprint density at radius 1 is 1.12 bits per heavy atom. The van der Waals surface area contributed by atoms with E-state index >= 15 is 0 Å². The Labute approximate surface area is 148 Å². The molecule has 0 atom stereocenters. The molecular formula is C18H14ClN3O3. The predicted molar refractivity (Wildman–Crippen MR) is 95.8 cm³/mol. The number of aromatic nitrogens is 2. The third-order valence-electron chi connectivity index (χ3n) is 3.44. The zero-order valence-electron chi connectivity index (χ0n) is 13.3. The van der Waals surface area contributed by atoms with Gasteiger partial charge < -0.3 is 10.1 Å². The molecule has 0 spiro atoms. The number of anilines is 1. The van der Waals surface area contributed by atoms with Crippen LogP contribution < -0.4 is 15.6 Å². The minimum Gasteiger partial charge on any atom is -0.495 e. The molecule has 6 nitrogen and oxygen atoms in total. The molecule has 126 valence electrons. The van der Waals surface area contributed by atoms with E-state index < -0.39 is 5.91 Å². The van der Waals surface area contributed by atoms with Crippen LogP contribution in [-0.4, -0.2) is 22.8 Å². The summed E-state index contributed by atoms with van der Waals surface area (Å²) in [5.41, 5.74) is 0.746. The van der Waals surface area contributed by atoms with E-state index in [1.165, 1.54) is 23.9 Å². The number of nitrogens with zero attached hydrogens (tertiary/aromatic N) is 2. The summed E-state index contributed by atoms with van der Waals surface area (Å²) in [6.45, 7) is 0. The lowest BCUT2D eigenvalue weighted by atomic mass is 10.2. The van der Waals surface area contributed by atoms with Crippen LogP contribution in [0.4, 0.5) is 5.69 Å². The maximum absolute atomic E-state index is 12.5.